The molecule has 0 bridgehead atoms. The second-order valence-corrected chi connectivity index (χ2v) is 3.69. The van der Waals surface area contributed by atoms with Gasteiger partial charge in [-0.2, -0.15) is 0 Å². The summed E-state index contributed by atoms with van der Waals surface area (Å²) in [6, 6.07) is 7.73. The van der Waals surface area contributed by atoms with E-state index in [2.05, 4.69) is 0 Å². The van der Waals surface area contributed by atoms with Gasteiger partial charge in [-0.1, -0.05) is 30.3 Å². The van der Waals surface area contributed by atoms with Crippen LogP contribution in [0, 0.1) is 0 Å². The summed E-state index contributed by atoms with van der Waals surface area (Å²) in [7, 11) is 0. The standard InChI is InChI=1S/C12H15NO4/c1-8(14)10(13)11(15)12(16)17-7-9-5-3-2-4-6-9/h2-6,8,10,14H,7,13H2,1H3/t8-,10+/m1/s1. The first kappa shape index (κ1) is 13.3. The summed E-state index contributed by atoms with van der Waals surface area (Å²) >= 11 is 0. The monoisotopic (exact) mass is 237 g/mol. The van der Waals surface area contributed by atoms with E-state index in [0.717, 1.165) is 5.56 Å². The largest absolute Gasteiger partial charge is 0.455 e. The Kier molecular flexibility index (Phi) is 4.81. The molecule has 0 aliphatic rings. The Labute approximate surface area is 99.2 Å². The lowest BCUT2D eigenvalue weighted by atomic mass is 10.1. The van der Waals surface area contributed by atoms with Gasteiger partial charge in [0.15, 0.2) is 0 Å². The minimum Gasteiger partial charge on any atom is -0.455 e. The first-order valence-corrected chi connectivity index (χ1v) is 5.21. The van der Waals surface area contributed by atoms with Crippen LogP contribution in [0.5, 0.6) is 0 Å². The molecule has 0 aliphatic heterocycles. The van der Waals surface area contributed by atoms with E-state index in [9.17, 15) is 9.59 Å². The molecule has 0 saturated heterocycles. The summed E-state index contributed by atoms with van der Waals surface area (Å²) in [5.74, 6) is -1.95. The van der Waals surface area contributed by atoms with Gasteiger partial charge in [-0.3, -0.25) is 4.79 Å². The lowest BCUT2D eigenvalue weighted by Crippen LogP contribution is -2.44. The summed E-state index contributed by atoms with van der Waals surface area (Å²) in [6.07, 6.45) is -1.08. The third-order valence-corrected chi connectivity index (χ3v) is 2.24. The first-order chi connectivity index (χ1) is 8.02. The molecule has 0 spiro atoms. The van der Waals surface area contributed by atoms with Crippen LogP contribution in [-0.4, -0.2) is 29.0 Å². The van der Waals surface area contributed by atoms with Crippen LogP contribution in [0.1, 0.15) is 12.5 Å². The minimum atomic E-state index is -1.24. The highest BCUT2D eigenvalue weighted by molar-refractivity contribution is 6.35. The molecule has 3 N–H and O–H groups in total. The molecule has 0 amide bonds. The van der Waals surface area contributed by atoms with Crippen LogP contribution in [0.2, 0.25) is 0 Å². The zero-order valence-electron chi connectivity index (χ0n) is 9.50. The fraction of sp³-hybridized carbons (Fsp3) is 0.333. The predicted molar refractivity (Wildman–Crippen MR) is 60.9 cm³/mol. The van der Waals surface area contributed by atoms with Gasteiger partial charge in [0.25, 0.3) is 5.78 Å². The fourth-order valence-electron chi connectivity index (χ4n) is 1.15. The highest BCUT2D eigenvalue weighted by Gasteiger charge is 2.26. The second-order valence-electron chi connectivity index (χ2n) is 3.69. The molecule has 0 fully saturated rings. The number of ether oxygens (including phenoxy) is 1. The molecule has 0 aliphatic carbocycles. The van der Waals surface area contributed by atoms with Crippen LogP contribution in [0.25, 0.3) is 0 Å². The van der Waals surface area contributed by atoms with Gasteiger partial charge in [0.1, 0.15) is 12.6 Å². The van der Waals surface area contributed by atoms with E-state index in [1.165, 1.54) is 6.92 Å². The summed E-state index contributed by atoms with van der Waals surface area (Å²) in [4.78, 5) is 22.6. The maximum absolute atomic E-state index is 11.3. The number of Topliss-reactive ketones (excluding diaryl/α,β-unsaturated/α-hetero) is 1. The number of esters is 1. The topological polar surface area (TPSA) is 89.6 Å². The minimum absolute atomic E-state index is 0.0118. The van der Waals surface area contributed by atoms with E-state index < -0.39 is 23.9 Å². The second kappa shape index (κ2) is 6.12. The molecular weight excluding hydrogens is 222 g/mol. The van der Waals surface area contributed by atoms with Crippen LogP contribution in [0.15, 0.2) is 30.3 Å². The lowest BCUT2D eigenvalue weighted by Gasteiger charge is -2.12. The quantitative estimate of drug-likeness (QED) is 0.556. The van der Waals surface area contributed by atoms with Crippen LogP contribution >= 0.6 is 0 Å². The molecule has 0 radical (unpaired) electrons. The zero-order valence-corrected chi connectivity index (χ0v) is 9.50. The van der Waals surface area contributed by atoms with E-state index >= 15 is 0 Å². The molecule has 2 atom stereocenters. The van der Waals surface area contributed by atoms with Crippen molar-refractivity contribution in [2.45, 2.75) is 25.7 Å². The summed E-state index contributed by atoms with van der Waals surface area (Å²) < 4.78 is 4.78. The maximum Gasteiger partial charge on any atom is 0.376 e. The highest BCUT2D eigenvalue weighted by Crippen LogP contribution is 2.02. The number of ketones is 1. The maximum atomic E-state index is 11.3. The van der Waals surface area contributed by atoms with E-state index in [4.69, 9.17) is 15.6 Å². The molecule has 5 heteroatoms. The summed E-state index contributed by atoms with van der Waals surface area (Å²) in [5, 5.41) is 9.07. The van der Waals surface area contributed by atoms with Gasteiger partial charge in [-0.25, -0.2) is 4.79 Å². The Hall–Kier alpha value is -1.72. The Morgan fingerprint density at radius 1 is 1.35 bits per heavy atom. The molecule has 92 valence electrons. The van der Waals surface area contributed by atoms with Crippen molar-refractivity contribution in [1.82, 2.24) is 0 Å². The Morgan fingerprint density at radius 2 is 1.94 bits per heavy atom. The van der Waals surface area contributed by atoms with E-state index in [1.807, 2.05) is 6.07 Å². The molecule has 0 saturated carbocycles. The van der Waals surface area contributed by atoms with Crippen molar-refractivity contribution < 1.29 is 19.4 Å². The summed E-state index contributed by atoms with van der Waals surface area (Å²) in [5.41, 5.74) is 6.11. The SMILES string of the molecule is C[C@@H](O)[C@H](N)C(=O)C(=O)OCc1ccccc1. The Bertz CT molecular complexity index is 389. The van der Waals surface area contributed by atoms with Gasteiger partial charge in [0.05, 0.1) is 6.10 Å². The van der Waals surface area contributed by atoms with Crippen molar-refractivity contribution in [1.29, 1.82) is 0 Å². The van der Waals surface area contributed by atoms with E-state index in [-0.39, 0.29) is 6.61 Å². The van der Waals surface area contributed by atoms with Crippen molar-refractivity contribution in [3.05, 3.63) is 35.9 Å². The molecule has 1 aromatic rings. The number of hydrogen-bond donors (Lipinski definition) is 2. The molecule has 0 aromatic heterocycles. The van der Waals surface area contributed by atoms with Gasteiger partial charge >= 0.3 is 5.97 Å². The molecule has 1 aromatic carbocycles. The highest BCUT2D eigenvalue weighted by atomic mass is 16.5. The number of nitrogens with two attached hydrogens (primary N) is 1. The normalized spacial score (nSPS) is 13.8. The average Bonchev–Trinajstić information content (AvgIpc) is 2.35. The van der Waals surface area contributed by atoms with Crippen molar-refractivity contribution in [2.75, 3.05) is 0 Å². The van der Waals surface area contributed by atoms with Crippen LogP contribution in [0.3, 0.4) is 0 Å². The van der Waals surface area contributed by atoms with Crippen molar-refractivity contribution in [3.8, 4) is 0 Å². The molecule has 1 rings (SSSR count). The number of aliphatic hydroxyl groups excluding tert-OH is 1. The molecule has 5 nitrogen and oxygen atoms in total. The number of aliphatic hydroxyl groups is 1. The Balaban J connectivity index is 2.48. The smallest absolute Gasteiger partial charge is 0.376 e. The molecule has 0 unspecified atom stereocenters. The van der Waals surface area contributed by atoms with Gasteiger partial charge in [0.2, 0.25) is 0 Å². The van der Waals surface area contributed by atoms with Gasteiger partial charge in [-0.05, 0) is 12.5 Å². The number of benzene rings is 1. The Morgan fingerprint density at radius 3 is 2.47 bits per heavy atom. The number of carbonyl (C=O) groups excluding carboxylic acids is 2. The van der Waals surface area contributed by atoms with E-state index in [0.29, 0.717) is 0 Å². The molecular formula is C12H15NO4. The third-order valence-electron chi connectivity index (χ3n) is 2.24. The lowest BCUT2D eigenvalue weighted by molar-refractivity contribution is -0.156. The van der Waals surface area contributed by atoms with E-state index in [1.54, 1.807) is 24.3 Å². The number of carbonyl (C=O) groups is 2. The number of rotatable bonds is 5. The van der Waals surface area contributed by atoms with Gasteiger partial charge in [0, 0.05) is 0 Å². The van der Waals surface area contributed by atoms with Crippen molar-refractivity contribution >= 4 is 11.8 Å². The first-order valence-electron chi connectivity index (χ1n) is 5.21. The van der Waals surface area contributed by atoms with Gasteiger partial charge in [-0.15, -0.1) is 0 Å². The van der Waals surface area contributed by atoms with Crippen LogP contribution < -0.4 is 5.73 Å². The number of hydrogen-bond acceptors (Lipinski definition) is 5. The predicted octanol–water partition coefficient (Wildman–Crippen LogP) is 0.00700. The third kappa shape index (κ3) is 3.97. The summed E-state index contributed by atoms with van der Waals surface area (Å²) in [6.45, 7) is 1.35. The van der Waals surface area contributed by atoms with Crippen molar-refractivity contribution in [2.24, 2.45) is 5.73 Å². The fourth-order valence-corrected chi connectivity index (χ4v) is 1.15. The molecule has 17 heavy (non-hydrogen) atoms. The van der Waals surface area contributed by atoms with Crippen LogP contribution in [0.4, 0.5) is 0 Å². The van der Waals surface area contributed by atoms with Crippen molar-refractivity contribution in [3.63, 3.8) is 0 Å². The van der Waals surface area contributed by atoms with Crippen LogP contribution in [-0.2, 0) is 20.9 Å². The average molecular weight is 237 g/mol. The molecule has 0 heterocycles. The van der Waals surface area contributed by atoms with Gasteiger partial charge < -0.3 is 15.6 Å². The zero-order chi connectivity index (χ0) is 12.8.